The van der Waals surface area contributed by atoms with Crippen molar-refractivity contribution in [2.75, 3.05) is 5.32 Å². The largest absolute Gasteiger partial charge is 0.306 e. The van der Waals surface area contributed by atoms with Crippen LogP contribution < -0.4 is 5.32 Å². The van der Waals surface area contributed by atoms with Crippen molar-refractivity contribution in [2.24, 2.45) is 0 Å². The molecule has 4 rings (SSSR count). The van der Waals surface area contributed by atoms with Crippen molar-refractivity contribution in [2.45, 2.75) is 6.92 Å². The van der Waals surface area contributed by atoms with Crippen LogP contribution in [0.1, 0.15) is 15.9 Å². The number of para-hydroxylation sites is 1. The maximum Gasteiger partial charge on any atom is 0.259 e. The monoisotopic (exact) mass is 371 g/mol. The SMILES string of the molecule is Cc1ccc(-c2cc(NC(=O)c3ccccc3F)n(-c3ccccc3)n2)cc1. The second-order valence-corrected chi connectivity index (χ2v) is 6.46. The molecule has 0 bridgehead atoms. The van der Waals surface area contributed by atoms with Crippen LogP contribution in [-0.2, 0) is 0 Å². The van der Waals surface area contributed by atoms with Crippen LogP contribution in [0.3, 0.4) is 0 Å². The fraction of sp³-hybridized carbons (Fsp3) is 0.0435. The van der Waals surface area contributed by atoms with Crippen molar-refractivity contribution in [3.8, 4) is 16.9 Å². The molecule has 28 heavy (non-hydrogen) atoms. The first-order valence-electron chi connectivity index (χ1n) is 8.90. The Bertz CT molecular complexity index is 1120. The third kappa shape index (κ3) is 3.55. The Morgan fingerprint density at radius 2 is 1.61 bits per heavy atom. The lowest BCUT2D eigenvalue weighted by Crippen LogP contribution is -2.16. The van der Waals surface area contributed by atoms with Gasteiger partial charge in [0, 0.05) is 11.6 Å². The molecule has 3 aromatic carbocycles. The van der Waals surface area contributed by atoms with Gasteiger partial charge in [0.2, 0.25) is 0 Å². The molecule has 0 saturated heterocycles. The van der Waals surface area contributed by atoms with Gasteiger partial charge < -0.3 is 5.32 Å². The van der Waals surface area contributed by atoms with Crippen molar-refractivity contribution in [3.63, 3.8) is 0 Å². The number of nitrogens with zero attached hydrogens (tertiary/aromatic N) is 2. The van der Waals surface area contributed by atoms with Gasteiger partial charge in [0.1, 0.15) is 11.6 Å². The first-order chi connectivity index (χ1) is 13.6. The second kappa shape index (κ2) is 7.48. The van der Waals surface area contributed by atoms with E-state index >= 15 is 0 Å². The second-order valence-electron chi connectivity index (χ2n) is 6.46. The molecule has 1 amide bonds. The average Bonchev–Trinajstić information content (AvgIpc) is 3.13. The van der Waals surface area contributed by atoms with Gasteiger partial charge in [0.05, 0.1) is 16.9 Å². The molecule has 0 aliphatic rings. The molecule has 1 N–H and O–H groups in total. The van der Waals surface area contributed by atoms with Gasteiger partial charge in [0.25, 0.3) is 5.91 Å². The number of anilines is 1. The molecule has 0 atom stereocenters. The van der Waals surface area contributed by atoms with Gasteiger partial charge in [-0.15, -0.1) is 0 Å². The third-order valence-electron chi connectivity index (χ3n) is 4.42. The molecule has 0 radical (unpaired) electrons. The zero-order valence-corrected chi connectivity index (χ0v) is 15.3. The van der Waals surface area contributed by atoms with Crippen molar-refractivity contribution >= 4 is 11.7 Å². The number of hydrogen-bond acceptors (Lipinski definition) is 2. The average molecular weight is 371 g/mol. The molecule has 0 aliphatic carbocycles. The molecule has 0 fully saturated rings. The molecule has 0 aliphatic heterocycles. The van der Waals surface area contributed by atoms with Gasteiger partial charge in [-0.1, -0.05) is 60.2 Å². The van der Waals surface area contributed by atoms with E-state index < -0.39 is 11.7 Å². The lowest BCUT2D eigenvalue weighted by molar-refractivity contribution is 0.102. The van der Waals surface area contributed by atoms with Crippen LogP contribution in [0.25, 0.3) is 16.9 Å². The van der Waals surface area contributed by atoms with E-state index in [9.17, 15) is 9.18 Å². The highest BCUT2D eigenvalue weighted by Gasteiger charge is 2.16. The molecule has 4 nitrogen and oxygen atoms in total. The molecule has 0 unspecified atom stereocenters. The minimum absolute atomic E-state index is 0.0137. The number of carbonyl (C=O) groups is 1. The Labute approximate surface area is 162 Å². The van der Waals surface area contributed by atoms with Crippen LogP contribution in [0.4, 0.5) is 10.2 Å². The molecule has 138 valence electrons. The number of rotatable bonds is 4. The van der Waals surface area contributed by atoms with E-state index in [1.54, 1.807) is 22.9 Å². The van der Waals surface area contributed by atoms with Crippen LogP contribution >= 0.6 is 0 Å². The quantitative estimate of drug-likeness (QED) is 0.533. The molecule has 4 aromatic rings. The predicted molar refractivity (Wildman–Crippen MR) is 108 cm³/mol. The van der Waals surface area contributed by atoms with Crippen molar-refractivity contribution in [3.05, 3.63) is 102 Å². The first-order valence-corrected chi connectivity index (χ1v) is 8.90. The standard InChI is InChI=1S/C23H18FN3O/c1-16-11-13-17(14-12-16)21-15-22(27(26-21)18-7-3-2-4-8-18)25-23(28)19-9-5-6-10-20(19)24/h2-15H,1H3,(H,25,28). The summed E-state index contributed by atoms with van der Waals surface area (Å²) in [5.74, 6) is -0.620. The Hall–Kier alpha value is -3.73. The number of halogens is 1. The fourth-order valence-corrected chi connectivity index (χ4v) is 2.93. The van der Waals surface area contributed by atoms with Gasteiger partial charge in [0.15, 0.2) is 0 Å². The number of carbonyl (C=O) groups excluding carboxylic acids is 1. The summed E-state index contributed by atoms with van der Waals surface area (Å²) >= 11 is 0. The van der Waals surface area contributed by atoms with E-state index in [1.165, 1.54) is 12.1 Å². The van der Waals surface area contributed by atoms with Gasteiger partial charge in [-0.05, 0) is 31.2 Å². The maximum absolute atomic E-state index is 14.0. The van der Waals surface area contributed by atoms with E-state index in [2.05, 4.69) is 10.4 Å². The summed E-state index contributed by atoms with van der Waals surface area (Å²) in [7, 11) is 0. The van der Waals surface area contributed by atoms with Crippen molar-refractivity contribution in [1.29, 1.82) is 0 Å². The molecular weight excluding hydrogens is 353 g/mol. The molecule has 0 saturated carbocycles. The molecule has 1 heterocycles. The summed E-state index contributed by atoms with van der Waals surface area (Å²) in [6.45, 7) is 2.02. The smallest absolute Gasteiger partial charge is 0.259 e. The lowest BCUT2D eigenvalue weighted by atomic mass is 10.1. The van der Waals surface area contributed by atoms with Crippen LogP contribution in [0.2, 0.25) is 0 Å². The lowest BCUT2D eigenvalue weighted by Gasteiger charge is -2.09. The van der Waals surface area contributed by atoms with E-state index in [4.69, 9.17) is 0 Å². The predicted octanol–water partition coefficient (Wildman–Crippen LogP) is 5.24. The van der Waals surface area contributed by atoms with Crippen LogP contribution in [0, 0.1) is 12.7 Å². The van der Waals surface area contributed by atoms with Crippen molar-refractivity contribution < 1.29 is 9.18 Å². The topological polar surface area (TPSA) is 46.9 Å². The maximum atomic E-state index is 14.0. The summed E-state index contributed by atoms with van der Waals surface area (Å²) in [6, 6.07) is 25.1. The Morgan fingerprint density at radius 3 is 2.32 bits per heavy atom. The number of amides is 1. The van der Waals surface area contributed by atoms with Gasteiger partial charge in [-0.25, -0.2) is 9.07 Å². The number of aryl methyl sites for hydroxylation is 1. The minimum Gasteiger partial charge on any atom is -0.306 e. The Morgan fingerprint density at radius 1 is 0.929 bits per heavy atom. The van der Waals surface area contributed by atoms with Gasteiger partial charge in [-0.3, -0.25) is 4.79 Å². The summed E-state index contributed by atoms with van der Waals surface area (Å²) in [5, 5.41) is 7.45. The number of hydrogen-bond donors (Lipinski definition) is 1. The van der Waals surface area contributed by atoms with Crippen LogP contribution in [0.5, 0.6) is 0 Å². The van der Waals surface area contributed by atoms with E-state index in [1.807, 2.05) is 61.5 Å². The summed E-state index contributed by atoms with van der Waals surface area (Å²) < 4.78 is 15.6. The number of benzene rings is 3. The highest BCUT2D eigenvalue weighted by molar-refractivity contribution is 6.04. The molecular formula is C23H18FN3O. The highest BCUT2D eigenvalue weighted by Crippen LogP contribution is 2.25. The minimum atomic E-state index is -0.565. The number of nitrogens with one attached hydrogen (secondary N) is 1. The zero-order valence-electron chi connectivity index (χ0n) is 15.3. The molecule has 5 heteroatoms. The third-order valence-corrected chi connectivity index (χ3v) is 4.42. The normalized spacial score (nSPS) is 10.6. The Kier molecular flexibility index (Phi) is 4.72. The van der Waals surface area contributed by atoms with Crippen LogP contribution in [0.15, 0.2) is 84.9 Å². The highest BCUT2D eigenvalue weighted by atomic mass is 19.1. The summed E-state index contributed by atoms with van der Waals surface area (Å²) in [4.78, 5) is 12.6. The van der Waals surface area contributed by atoms with E-state index in [-0.39, 0.29) is 5.56 Å². The van der Waals surface area contributed by atoms with E-state index in [0.29, 0.717) is 11.5 Å². The molecule has 1 aromatic heterocycles. The summed E-state index contributed by atoms with van der Waals surface area (Å²) in [5.41, 5.74) is 3.58. The fourth-order valence-electron chi connectivity index (χ4n) is 2.93. The van der Waals surface area contributed by atoms with E-state index in [0.717, 1.165) is 16.8 Å². The Balaban J connectivity index is 1.75. The van der Waals surface area contributed by atoms with Gasteiger partial charge >= 0.3 is 0 Å². The van der Waals surface area contributed by atoms with Crippen molar-refractivity contribution in [1.82, 2.24) is 9.78 Å². The first kappa shape index (κ1) is 17.7. The van der Waals surface area contributed by atoms with Crippen LogP contribution in [-0.4, -0.2) is 15.7 Å². The molecule has 0 spiro atoms. The van der Waals surface area contributed by atoms with Gasteiger partial charge in [-0.2, -0.15) is 5.10 Å². The number of aromatic nitrogens is 2. The zero-order chi connectivity index (χ0) is 19.5. The summed E-state index contributed by atoms with van der Waals surface area (Å²) in [6.07, 6.45) is 0.